The third-order valence-corrected chi connectivity index (χ3v) is 7.28. The monoisotopic (exact) mass is 646 g/mol. The molecule has 3 rings (SSSR count). The first kappa shape index (κ1) is 39.6. The number of methoxy groups -OCH3 is 1. The van der Waals surface area contributed by atoms with Gasteiger partial charge in [0.2, 0.25) is 5.88 Å². The van der Waals surface area contributed by atoms with Gasteiger partial charge in [0.25, 0.3) is 5.88 Å². The Morgan fingerprint density at radius 3 is 2.32 bits per heavy atom. The molecule has 0 aliphatic heterocycles. The Labute approximate surface area is 282 Å². The lowest BCUT2D eigenvalue weighted by Gasteiger charge is -2.27. The molecule has 1 aromatic heterocycles. The Hall–Kier alpha value is -3.63. The van der Waals surface area contributed by atoms with E-state index < -0.39 is 17.1 Å². The predicted octanol–water partition coefficient (Wildman–Crippen LogP) is 7.66. The molecule has 1 aliphatic carbocycles. The number of ether oxygens (including phenoxy) is 3. The van der Waals surface area contributed by atoms with E-state index in [1.54, 1.807) is 34.1 Å². The van der Waals surface area contributed by atoms with Gasteiger partial charge >= 0.3 is 6.18 Å². The zero-order valence-electron chi connectivity index (χ0n) is 29.0. The number of hydrogen-bond acceptors (Lipinski definition) is 7. The number of benzene rings is 1. The Bertz CT molecular complexity index is 1480. The first-order valence-corrected chi connectivity index (χ1v) is 15.7. The van der Waals surface area contributed by atoms with Crippen molar-refractivity contribution in [1.82, 2.24) is 14.9 Å². The minimum absolute atomic E-state index is 0.142. The van der Waals surface area contributed by atoms with Gasteiger partial charge in [-0.25, -0.2) is 15.0 Å². The molecular weight excluding hydrogens is 602 g/mol. The summed E-state index contributed by atoms with van der Waals surface area (Å²) in [5.74, 6) is 1.20. The Kier molecular flexibility index (Phi) is 14.7. The van der Waals surface area contributed by atoms with Crippen molar-refractivity contribution >= 4 is 34.9 Å². The second-order valence-corrected chi connectivity index (χ2v) is 11.0. The van der Waals surface area contributed by atoms with Crippen LogP contribution in [0.2, 0.25) is 6.32 Å². The molecule has 1 aliphatic rings. The van der Waals surface area contributed by atoms with E-state index in [1.807, 2.05) is 45.9 Å². The number of nitrogens with zero attached hydrogens (tertiary/aromatic N) is 4. The number of halogens is 3. The maximum absolute atomic E-state index is 13.1. The second-order valence-electron chi connectivity index (χ2n) is 11.0. The molecule has 1 fully saturated rings. The van der Waals surface area contributed by atoms with Crippen LogP contribution >= 0.6 is 0 Å². The maximum Gasteiger partial charge on any atom is 0.413 e. The molecule has 7 nitrogen and oxygen atoms in total. The topological polar surface area (TPSA) is 69.1 Å². The van der Waals surface area contributed by atoms with Crippen molar-refractivity contribution in [3.05, 3.63) is 82.0 Å². The van der Waals surface area contributed by atoms with Crippen molar-refractivity contribution < 1.29 is 27.4 Å². The molecule has 0 atom stereocenters. The van der Waals surface area contributed by atoms with Crippen LogP contribution in [-0.2, 0) is 16.1 Å². The SMILES string of the molecule is CC.[B]CC([B])([B])Oc1ncnc(C2CC2)c1/C(C)=N/C(OCc1ccc(/C(=C/C)N(C)/C=C(\C)C(F)(F)F)c(C)c1)=C(\CC)OC. The molecule has 1 heterocycles. The number of rotatable bonds is 14. The Morgan fingerprint density at radius 2 is 1.81 bits per heavy atom. The summed E-state index contributed by atoms with van der Waals surface area (Å²) < 4.78 is 57.0. The minimum Gasteiger partial charge on any atom is -0.495 e. The van der Waals surface area contributed by atoms with Crippen LogP contribution in [0.5, 0.6) is 5.88 Å². The Morgan fingerprint density at radius 1 is 1.15 bits per heavy atom. The summed E-state index contributed by atoms with van der Waals surface area (Å²) in [6.45, 7) is 12.6. The average Bonchev–Trinajstić information content (AvgIpc) is 3.87. The maximum atomic E-state index is 13.1. The van der Waals surface area contributed by atoms with Crippen molar-refractivity contribution in [3.63, 3.8) is 0 Å². The van der Waals surface area contributed by atoms with Crippen molar-refractivity contribution in [3.8, 4) is 5.88 Å². The lowest BCUT2D eigenvalue weighted by Crippen LogP contribution is -2.37. The fourth-order valence-electron chi connectivity index (χ4n) is 4.69. The summed E-state index contributed by atoms with van der Waals surface area (Å²) in [7, 11) is 20.8. The van der Waals surface area contributed by atoms with Crippen LogP contribution in [0.15, 0.2) is 59.0 Å². The van der Waals surface area contributed by atoms with Crippen LogP contribution in [0.3, 0.4) is 0 Å². The van der Waals surface area contributed by atoms with Gasteiger partial charge in [0.1, 0.15) is 28.6 Å². The van der Waals surface area contributed by atoms with Gasteiger partial charge in [0.15, 0.2) is 5.76 Å². The summed E-state index contributed by atoms with van der Waals surface area (Å²) in [6, 6.07) is 5.65. The molecule has 1 aromatic carbocycles. The number of alkyl halides is 3. The molecule has 0 spiro atoms. The lowest BCUT2D eigenvalue weighted by atomic mass is 9.59. The highest BCUT2D eigenvalue weighted by Crippen LogP contribution is 2.42. The van der Waals surface area contributed by atoms with E-state index >= 15 is 0 Å². The van der Waals surface area contributed by atoms with Crippen LogP contribution in [0.1, 0.15) is 94.7 Å². The highest BCUT2D eigenvalue weighted by Gasteiger charge is 2.32. The molecule has 0 amide bonds. The number of aryl methyl sites for hydroxylation is 1. The Balaban J connectivity index is 0.00000376. The third-order valence-electron chi connectivity index (χ3n) is 7.28. The van der Waals surface area contributed by atoms with Crippen LogP contribution < -0.4 is 4.74 Å². The summed E-state index contributed by atoms with van der Waals surface area (Å²) in [4.78, 5) is 15.1. The summed E-state index contributed by atoms with van der Waals surface area (Å²) >= 11 is 0. The first-order chi connectivity index (χ1) is 22.1. The summed E-state index contributed by atoms with van der Waals surface area (Å²) in [5, 5.41) is -1.64. The minimum atomic E-state index is -4.40. The molecule has 0 saturated heterocycles. The van der Waals surface area contributed by atoms with Crippen LogP contribution in [0.25, 0.3) is 5.70 Å². The number of hydrogen-bond donors (Lipinski definition) is 0. The average molecular weight is 646 g/mol. The van der Waals surface area contributed by atoms with Crippen molar-refractivity contribution in [2.45, 2.75) is 98.1 Å². The molecule has 1 saturated carbocycles. The number of aliphatic imine (C=N–C) groups is 1. The molecule has 248 valence electrons. The predicted molar refractivity (Wildman–Crippen MR) is 185 cm³/mol. The summed E-state index contributed by atoms with van der Waals surface area (Å²) in [6.07, 6.45) is 2.17. The van der Waals surface area contributed by atoms with Crippen LogP contribution in [-0.4, -0.2) is 69.9 Å². The van der Waals surface area contributed by atoms with E-state index in [2.05, 4.69) is 9.97 Å². The molecule has 0 bridgehead atoms. The van der Waals surface area contributed by atoms with Crippen LogP contribution in [0, 0.1) is 6.92 Å². The smallest absolute Gasteiger partial charge is 0.413 e. The zero-order valence-corrected chi connectivity index (χ0v) is 29.0. The van der Waals surface area contributed by atoms with Gasteiger partial charge in [-0.15, -0.1) is 0 Å². The number of aromatic nitrogens is 2. The van der Waals surface area contributed by atoms with E-state index in [9.17, 15) is 13.2 Å². The van der Waals surface area contributed by atoms with Crippen LogP contribution in [0.4, 0.5) is 13.2 Å². The third kappa shape index (κ3) is 11.0. The van der Waals surface area contributed by atoms with Crippen molar-refractivity contribution in [2.75, 3.05) is 14.2 Å². The van der Waals surface area contributed by atoms with Crippen molar-refractivity contribution in [1.29, 1.82) is 0 Å². The lowest BCUT2D eigenvalue weighted by molar-refractivity contribution is -0.0921. The molecular formula is C34H44B3F3N4O3. The zero-order chi connectivity index (χ0) is 35.5. The van der Waals surface area contributed by atoms with Gasteiger partial charge in [-0.2, -0.15) is 13.2 Å². The van der Waals surface area contributed by atoms with Gasteiger partial charge in [0.05, 0.1) is 31.9 Å². The fourth-order valence-corrected chi connectivity index (χ4v) is 4.69. The number of allylic oxidation sites excluding steroid dienone is 3. The van der Waals surface area contributed by atoms with E-state index in [-0.39, 0.29) is 30.6 Å². The second kappa shape index (κ2) is 17.5. The van der Waals surface area contributed by atoms with Gasteiger partial charge in [-0.3, -0.25) is 0 Å². The molecule has 0 unspecified atom stereocenters. The van der Waals surface area contributed by atoms with Gasteiger partial charge in [0, 0.05) is 47.8 Å². The van der Waals surface area contributed by atoms with Crippen molar-refractivity contribution in [2.24, 2.45) is 4.99 Å². The fraction of sp³-hybridized carbons (Fsp3) is 0.500. The summed E-state index contributed by atoms with van der Waals surface area (Å²) in [5.41, 5.74) is 4.31. The quantitative estimate of drug-likeness (QED) is 0.119. The van der Waals surface area contributed by atoms with Gasteiger partial charge in [-0.05, 0) is 51.7 Å². The van der Waals surface area contributed by atoms with Gasteiger partial charge in [-0.1, -0.05) is 51.4 Å². The highest BCUT2D eigenvalue weighted by molar-refractivity contribution is 6.42. The van der Waals surface area contributed by atoms with Gasteiger partial charge < -0.3 is 19.1 Å². The molecule has 47 heavy (non-hydrogen) atoms. The molecule has 13 heteroatoms. The molecule has 6 radical (unpaired) electrons. The van der Waals surface area contributed by atoms with E-state index in [0.29, 0.717) is 29.2 Å². The van der Waals surface area contributed by atoms with E-state index in [4.69, 9.17) is 42.7 Å². The normalized spacial score (nSPS) is 14.9. The highest BCUT2D eigenvalue weighted by atomic mass is 19.4. The molecule has 2 aromatic rings. The largest absolute Gasteiger partial charge is 0.495 e. The standard InChI is InChI=1S/C32H38B3F3N4O3.C2H6/c1-8-25(42(6)15-20(4)32(36,37)38)24-13-10-22(14-19(24)3)16-44-29(26(9-2)43-7)41-21(5)27-28(23-11-12-23)39-18-40-30(27)45-31(34,35)17-33;1-2/h8,10,13-15,18,23H,9,11-12,16-17H2,1-7H3;1-2H3/b20-15+,25-8-,29-26-,41-21+;. The first-order valence-electron chi connectivity index (χ1n) is 15.7. The molecule has 0 N–H and O–H groups in total. The van der Waals surface area contributed by atoms with E-state index in [1.165, 1.54) is 11.2 Å². The van der Waals surface area contributed by atoms with E-state index in [0.717, 1.165) is 48.3 Å².